The molecule has 0 saturated heterocycles. The van der Waals surface area contributed by atoms with Crippen LogP contribution in [0.25, 0.3) is 0 Å². The van der Waals surface area contributed by atoms with E-state index < -0.39 is 0 Å². The molecule has 1 unspecified atom stereocenters. The molecule has 0 aliphatic rings. The minimum atomic E-state index is 0.185. The van der Waals surface area contributed by atoms with Gasteiger partial charge in [0.1, 0.15) is 0 Å². The summed E-state index contributed by atoms with van der Waals surface area (Å²) in [6.07, 6.45) is 7.60. The maximum absolute atomic E-state index is 5.76. The maximum atomic E-state index is 5.76. The lowest BCUT2D eigenvalue weighted by molar-refractivity contribution is 0.585. The highest BCUT2D eigenvalue weighted by Crippen LogP contribution is 2.04. The maximum Gasteiger partial charge on any atom is 0.0522 e. The zero-order chi connectivity index (χ0) is 12.3. The van der Waals surface area contributed by atoms with Crippen LogP contribution in [-0.2, 0) is 26.4 Å². The van der Waals surface area contributed by atoms with Gasteiger partial charge >= 0.3 is 0 Å². The molecule has 92 valence electrons. The molecule has 0 spiro atoms. The second-order valence-electron chi connectivity index (χ2n) is 4.49. The van der Waals surface area contributed by atoms with Crippen molar-refractivity contribution in [2.75, 3.05) is 0 Å². The van der Waals surface area contributed by atoms with Crippen LogP contribution in [0.15, 0.2) is 24.7 Å². The Hall–Kier alpha value is -1.62. The first-order valence-electron chi connectivity index (χ1n) is 5.89. The van der Waals surface area contributed by atoms with Gasteiger partial charge in [0, 0.05) is 44.1 Å². The van der Waals surface area contributed by atoms with Crippen molar-refractivity contribution in [1.29, 1.82) is 0 Å². The summed E-state index contributed by atoms with van der Waals surface area (Å²) < 4.78 is 3.86. The zero-order valence-corrected chi connectivity index (χ0v) is 10.4. The third-order valence-corrected chi connectivity index (χ3v) is 2.76. The normalized spacial score (nSPS) is 12.9. The molecule has 0 aliphatic heterocycles. The Bertz CT molecular complexity index is 469. The zero-order valence-electron chi connectivity index (χ0n) is 10.4. The number of aromatic nitrogens is 4. The molecular weight excluding hydrogens is 214 g/mol. The standard InChI is InChI=1S/C12H19N5/c1-10(13)7-11-8-15-17(9-11)6-4-12-3-5-14-16(12)2/h3,5,8-10H,4,6-7,13H2,1-2H3. The van der Waals surface area contributed by atoms with Crippen LogP contribution >= 0.6 is 0 Å². The molecule has 0 fully saturated rings. The van der Waals surface area contributed by atoms with Crippen molar-refractivity contribution in [3.8, 4) is 0 Å². The highest BCUT2D eigenvalue weighted by Gasteiger charge is 2.03. The summed E-state index contributed by atoms with van der Waals surface area (Å²) in [6, 6.07) is 2.22. The lowest BCUT2D eigenvalue weighted by Crippen LogP contribution is -2.17. The number of nitrogens with zero attached hydrogens (tertiary/aromatic N) is 4. The minimum absolute atomic E-state index is 0.185. The summed E-state index contributed by atoms with van der Waals surface area (Å²) in [5.74, 6) is 0. The van der Waals surface area contributed by atoms with E-state index in [1.165, 1.54) is 11.3 Å². The SMILES string of the molecule is CC(N)Cc1cnn(CCc2ccnn2C)c1. The van der Waals surface area contributed by atoms with Gasteiger partial charge in [-0.1, -0.05) is 0 Å². The van der Waals surface area contributed by atoms with Crippen molar-refractivity contribution >= 4 is 0 Å². The van der Waals surface area contributed by atoms with Gasteiger partial charge in [-0.15, -0.1) is 0 Å². The Morgan fingerprint density at radius 3 is 2.88 bits per heavy atom. The van der Waals surface area contributed by atoms with Gasteiger partial charge in [-0.3, -0.25) is 9.36 Å². The molecule has 0 bridgehead atoms. The van der Waals surface area contributed by atoms with Gasteiger partial charge in [-0.25, -0.2) is 0 Å². The van der Waals surface area contributed by atoms with Crippen LogP contribution in [0, 0.1) is 0 Å². The van der Waals surface area contributed by atoms with Crippen LogP contribution in [-0.4, -0.2) is 25.6 Å². The van der Waals surface area contributed by atoms with E-state index in [4.69, 9.17) is 5.73 Å². The smallest absolute Gasteiger partial charge is 0.0522 e. The lowest BCUT2D eigenvalue weighted by atomic mass is 10.1. The molecule has 5 nitrogen and oxygen atoms in total. The molecular formula is C12H19N5. The van der Waals surface area contributed by atoms with Gasteiger partial charge in [0.15, 0.2) is 0 Å². The van der Waals surface area contributed by atoms with Crippen molar-refractivity contribution in [3.63, 3.8) is 0 Å². The van der Waals surface area contributed by atoms with E-state index in [-0.39, 0.29) is 6.04 Å². The van der Waals surface area contributed by atoms with Crippen LogP contribution in [0.5, 0.6) is 0 Å². The summed E-state index contributed by atoms with van der Waals surface area (Å²) in [6.45, 7) is 2.88. The van der Waals surface area contributed by atoms with Crippen molar-refractivity contribution in [2.45, 2.75) is 32.4 Å². The van der Waals surface area contributed by atoms with E-state index in [9.17, 15) is 0 Å². The second-order valence-corrected chi connectivity index (χ2v) is 4.49. The monoisotopic (exact) mass is 233 g/mol. The summed E-state index contributed by atoms with van der Waals surface area (Å²) in [5, 5.41) is 8.47. The highest BCUT2D eigenvalue weighted by molar-refractivity contribution is 5.06. The van der Waals surface area contributed by atoms with Crippen molar-refractivity contribution in [3.05, 3.63) is 35.9 Å². The summed E-state index contributed by atoms with van der Waals surface area (Å²) in [7, 11) is 1.96. The van der Waals surface area contributed by atoms with Crippen LogP contribution in [0.3, 0.4) is 0 Å². The summed E-state index contributed by atoms with van der Waals surface area (Å²) >= 11 is 0. The fraction of sp³-hybridized carbons (Fsp3) is 0.500. The highest BCUT2D eigenvalue weighted by atomic mass is 15.3. The minimum Gasteiger partial charge on any atom is -0.328 e. The molecule has 17 heavy (non-hydrogen) atoms. The van der Waals surface area contributed by atoms with Crippen molar-refractivity contribution in [2.24, 2.45) is 12.8 Å². The Morgan fingerprint density at radius 1 is 1.41 bits per heavy atom. The fourth-order valence-electron chi connectivity index (χ4n) is 1.88. The quantitative estimate of drug-likeness (QED) is 0.829. The molecule has 0 saturated carbocycles. The molecule has 2 aromatic heterocycles. The molecule has 2 heterocycles. The Balaban J connectivity index is 1.91. The third kappa shape index (κ3) is 3.17. The van der Waals surface area contributed by atoms with Crippen LogP contribution in [0.1, 0.15) is 18.2 Å². The molecule has 0 aliphatic carbocycles. The van der Waals surface area contributed by atoms with Gasteiger partial charge in [0.05, 0.1) is 6.20 Å². The molecule has 0 radical (unpaired) electrons. The average molecular weight is 233 g/mol. The first-order chi connectivity index (χ1) is 8.15. The molecule has 2 N–H and O–H groups in total. The molecule has 0 aromatic carbocycles. The van der Waals surface area contributed by atoms with Gasteiger partial charge in [-0.2, -0.15) is 10.2 Å². The van der Waals surface area contributed by atoms with E-state index >= 15 is 0 Å². The number of hydrogen-bond acceptors (Lipinski definition) is 3. The third-order valence-electron chi connectivity index (χ3n) is 2.76. The van der Waals surface area contributed by atoms with Gasteiger partial charge in [0.25, 0.3) is 0 Å². The van der Waals surface area contributed by atoms with Crippen LogP contribution < -0.4 is 5.73 Å². The largest absolute Gasteiger partial charge is 0.328 e. The topological polar surface area (TPSA) is 61.7 Å². The van der Waals surface area contributed by atoms with E-state index in [1.54, 1.807) is 0 Å². The molecule has 1 atom stereocenters. The van der Waals surface area contributed by atoms with E-state index in [1.807, 2.05) is 41.8 Å². The molecule has 2 rings (SSSR count). The van der Waals surface area contributed by atoms with E-state index in [0.29, 0.717) is 0 Å². The molecule has 0 amide bonds. The number of nitrogens with two attached hydrogens (primary N) is 1. The molecule has 5 heteroatoms. The van der Waals surface area contributed by atoms with Gasteiger partial charge in [-0.05, 0) is 25.0 Å². The predicted octanol–water partition coefficient (Wildman–Crippen LogP) is 0.749. The predicted molar refractivity (Wildman–Crippen MR) is 66.5 cm³/mol. The summed E-state index contributed by atoms with van der Waals surface area (Å²) in [5.41, 5.74) is 8.17. The van der Waals surface area contributed by atoms with Gasteiger partial charge in [0.2, 0.25) is 0 Å². The first-order valence-corrected chi connectivity index (χ1v) is 5.89. The molecule has 2 aromatic rings. The summed E-state index contributed by atoms with van der Waals surface area (Å²) in [4.78, 5) is 0. The van der Waals surface area contributed by atoms with Crippen LogP contribution in [0.4, 0.5) is 0 Å². The lowest BCUT2D eigenvalue weighted by Gasteiger charge is -2.03. The van der Waals surface area contributed by atoms with E-state index in [0.717, 1.165) is 19.4 Å². The first kappa shape index (κ1) is 11.9. The van der Waals surface area contributed by atoms with Crippen LogP contribution in [0.2, 0.25) is 0 Å². The number of hydrogen-bond donors (Lipinski definition) is 1. The van der Waals surface area contributed by atoms with Crippen molar-refractivity contribution < 1.29 is 0 Å². The average Bonchev–Trinajstić information content (AvgIpc) is 2.84. The number of rotatable bonds is 5. The Labute approximate surface area is 101 Å². The fourth-order valence-corrected chi connectivity index (χ4v) is 1.88. The van der Waals surface area contributed by atoms with Gasteiger partial charge < -0.3 is 5.73 Å². The Kier molecular flexibility index (Phi) is 3.58. The van der Waals surface area contributed by atoms with Crippen molar-refractivity contribution in [1.82, 2.24) is 19.6 Å². The van der Waals surface area contributed by atoms with E-state index in [2.05, 4.69) is 16.4 Å². The second kappa shape index (κ2) is 5.14. The number of aryl methyl sites for hydroxylation is 3. The Morgan fingerprint density at radius 2 is 2.24 bits per heavy atom.